The van der Waals surface area contributed by atoms with Crippen molar-refractivity contribution >= 4 is 11.9 Å². The standard InChI is InChI=1S/C17H22O6/c1-8-12-10(20-9(2)18)7-17(4)11(22-17)5-6-16(3)14(23-16)13(12)21-15(8)19/h10-14H,1,5-7H2,2-4H3/t10-,11+,12-,13+,14+,16-,17?/m1/s1. The van der Waals surface area contributed by atoms with Crippen LogP contribution in [0, 0.1) is 5.92 Å². The zero-order valence-electron chi connectivity index (χ0n) is 13.7. The molecule has 1 unspecified atom stereocenters. The number of hydrogen-bond donors (Lipinski definition) is 0. The first-order valence-corrected chi connectivity index (χ1v) is 8.16. The molecule has 0 radical (unpaired) electrons. The van der Waals surface area contributed by atoms with Crippen molar-refractivity contribution in [2.45, 2.75) is 75.7 Å². The average molecular weight is 322 g/mol. The summed E-state index contributed by atoms with van der Waals surface area (Å²) in [6, 6.07) is 0. The number of carbonyl (C=O) groups excluding carboxylic acids is 2. The zero-order valence-corrected chi connectivity index (χ0v) is 13.7. The molecule has 0 spiro atoms. The van der Waals surface area contributed by atoms with Crippen LogP contribution in [0.2, 0.25) is 0 Å². The van der Waals surface area contributed by atoms with Gasteiger partial charge in [-0.05, 0) is 26.7 Å². The molecule has 126 valence electrons. The molecular formula is C17H22O6. The molecule has 4 fully saturated rings. The zero-order chi connectivity index (χ0) is 16.6. The lowest BCUT2D eigenvalue weighted by atomic mass is 9.79. The summed E-state index contributed by atoms with van der Waals surface area (Å²) in [4.78, 5) is 23.6. The Balaban J connectivity index is 1.69. The van der Waals surface area contributed by atoms with Gasteiger partial charge in [0, 0.05) is 18.9 Å². The third-order valence-electron chi connectivity index (χ3n) is 5.76. The predicted octanol–water partition coefficient (Wildman–Crippen LogP) is 1.51. The number of carbonyl (C=O) groups is 2. The molecule has 23 heavy (non-hydrogen) atoms. The quantitative estimate of drug-likeness (QED) is 0.414. The van der Waals surface area contributed by atoms with Crippen LogP contribution in [0.25, 0.3) is 0 Å². The molecular weight excluding hydrogens is 300 g/mol. The van der Waals surface area contributed by atoms with E-state index in [1.54, 1.807) is 0 Å². The van der Waals surface area contributed by atoms with E-state index in [0.717, 1.165) is 12.8 Å². The summed E-state index contributed by atoms with van der Waals surface area (Å²) < 4.78 is 22.8. The minimum atomic E-state index is -0.488. The fourth-order valence-electron chi connectivity index (χ4n) is 4.27. The van der Waals surface area contributed by atoms with Crippen molar-refractivity contribution in [1.82, 2.24) is 0 Å². The van der Waals surface area contributed by atoms with Gasteiger partial charge in [0.2, 0.25) is 0 Å². The molecule has 0 aromatic heterocycles. The van der Waals surface area contributed by atoms with E-state index in [-0.39, 0.29) is 35.3 Å². The Morgan fingerprint density at radius 2 is 2.04 bits per heavy atom. The highest BCUT2D eigenvalue weighted by atomic mass is 16.7. The third kappa shape index (κ3) is 2.31. The first-order valence-electron chi connectivity index (χ1n) is 8.16. The van der Waals surface area contributed by atoms with Crippen molar-refractivity contribution in [3.8, 4) is 0 Å². The van der Waals surface area contributed by atoms with Crippen LogP contribution in [0.4, 0.5) is 0 Å². The normalized spacial score (nSPS) is 51.0. The van der Waals surface area contributed by atoms with Gasteiger partial charge in [-0.1, -0.05) is 6.58 Å². The number of rotatable bonds is 1. The maximum Gasteiger partial charge on any atom is 0.334 e. The maximum absolute atomic E-state index is 12.1. The number of hydrogen-bond acceptors (Lipinski definition) is 6. The predicted molar refractivity (Wildman–Crippen MR) is 78.5 cm³/mol. The Hall–Kier alpha value is -1.40. The average Bonchev–Trinajstić information content (AvgIpc) is 3.27. The summed E-state index contributed by atoms with van der Waals surface area (Å²) in [5.74, 6) is -1.18. The molecule has 0 N–H and O–H groups in total. The van der Waals surface area contributed by atoms with Gasteiger partial charge in [-0.15, -0.1) is 0 Å². The van der Waals surface area contributed by atoms with Gasteiger partial charge in [-0.25, -0.2) is 4.79 Å². The highest BCUT2D eigenvalue weighted by Crippen LogP contribution is 2.54. The fourth-order valence-corrected chi connectivity index (χ4v) is 4.27. The molecule has 7 atom stereocenters. The maximum atomic E-state index is 12.1. The second-order valence-corrected chi connectivity index (χ2v) is 7.58. The SMILES string of the molecule is C=C1C(=O)O[C@H]2[C@H]1[C@H](OC(C)=O)CC1(C)O[C@H]1CC[C@@]1(C)O[C@@H]21. The molecule has 3 saturated heterocycles. The van der Waals surface area contributed by atoms with Gasteiger partial charge < -0.3 is 18.9 Å². The molecule has 3 heterocycles. The number of fused-ring (bicyclic) bond motifs is 4. The van der Waals surface area contributed by atoms with Gasteiger partial charge in [0.15, 0.2) is 0 Å². The van der Waals surface area contributed by atoms with Gasteiger partial charge in [0.25, 0.3) is 0 Å². The fraction of sp³-hybridized carbons (Fsp3) is 0.765. The van der Waals surface area contributed by atoms with E-state index in [1.807, 2.05) is 13.8 Å². The monoisotopic (exact) mass is 322 g/mol. The summed E-state index contributed by atoms with van der Waals surface area (Å²) in [6.07, 6.45) is 1.34. The second kappa shape index (κ2) is 4.57. The van der Waals surface area contributed by atoms with Crippen LogP contribution in [-0.2, 0) is 28.5 Å². The molecule has 3 aliphatic heterocycles. The van der Waals surface area contributed by atoms with Crippen molar-refractivity contribution < 1.29 is 28.5 Å². The van der Waals surface area contributed by atoms with Crippen molar-refractivity contribution in [1.29, 1.82) is 0 Å². The lowest BCUT2D eigenvalue weighted by molar-refractivity contribution is -0.151. The van der Waals surface area contributed by atoms with Crippen molar-refractivity contribution in [3.63, 3.8) is 0 Å². The molecule has 1 aliphatic carbocycles. The minimum Gasteiger partial charge on any atom is -0.462 e. The van der Waals surface area contributed by atoms with Crippen molar-refractivity contribution in [3.05, 3.63) is 12.2 Å². The second-order valence-electron chi connectivity index (χ2n) is 7.58. The Labute approximate surface area is 135 Å². The van der Waals surface area contributed by atoms with E-state index in [9.17, 15) is 9.59 Å². The Morgan fingerprint density at radius 1 is 1.30 bits per heavy atom. The molecule has 0 amide bonds. The van der Waals surface area contributed by atoms with Crippen LogP contribution < -0.4 is 0 Å². The summed E-state index contributed by atoms with van der Waals surface area (Å²) in [5, 5.41) is 0. The summed E-state index contributed by atoms with van der Waals surface area (Å²) in [7, 11) is 0. The van der Waals surface area contributed by atoms with Crippen LogP contribution in [0.15, 0.2) is 12.2 Å². The molecule has 4 rings (SSSR count). The Kier molecular flexibility index (Phi) is 3.01. The van der Waals surface area contributed by atoms with Gasteiger partial charge >= 0.3 is 11.9 Å². The Morgan fingerprint density at radius 3 is 2.74 bits per heavy atom. The van der Waals surface area contributed by atoms with E-state index in [0.29, 0.717) is 12.0 Å². The highest BCUT2D eigenvalue weighted by Gasteiger charge is 2.66. The van der Waals surface area contributed by atoms with Gasteiger partial charge in [-0.2, -0.15) is 0 Å². The third-order valence-corrected chi connectivity index (χ3v) is 5.76. The van der Waals surface area contributed by atoms with Crippen LogP contribution in [0.3, 0.4) is 0 Å². The number of esters is 2. The largest absolute Gasteiger partial charge is 0.462 e. The van der Waals surface area contributed by atoms with Gasteiger partial charge in [0.05, 0.1) is 23.2 Å². The molecule has 1 saturated carbocycles. The van der Waals surface area contributed by atoms with E-state index < -0.39 is 18.2 Å². The lowest BCUT2D eigenvalue weighted by Crippen LogP contribution is -2.40. The Bertz CT molecular complexity index is 600. The van der Waals surface area contributed by atoms with Crippen LogP contribution in [0.1, 0.15) is 40.0 Å². The molecule has 0 bridgehead atoms. The summed E-state index contributed by atoms with van der Waals surface area (Å²) >= 11 is 0. The molecule has 0 aromatic rings. The van der Waals surface area contributed by atoms with E-state index in [1.165, 1.54) is 6.92 Å². The smallest absolute Gasteiger partial charge is 0.334 e. The summed E-state index contributed by atoms with van der Waals surface area (Å²) in [5.41, 5.74) is -0.270. The molecule has 0 aromatic carbocycles. The van der Waals surface area contributed by atoms with Crippen LogP contribution in [0.5, 0.6) is 0 Å². The molecule has 6 nitrogen and oxygen atoms in total. The van der Waals surface area contributed by atoms with E-state index in [4.69, 9.17) is 18.9 Å². The minimum absolute atomic E-state index is 0.144. The molecule has 4 aliphatic rings. The van der Waals surface area contributed by atoms with Crippen molar-refractivity contribution in [2.75, 3.05) is 0 Å². The topological polar surface area (TPSA) is 77.7 Å². The van der Waals surface area contributed by atoms with E-state index >= 15 is 0 Å². The van der Waals surface area contributed by atoms with Crippen molar-refractivity contribution in [2.24, 2.45) is 5.92 Å². The van der Waals surface area contributed by atoms with Crippen LogP contribution >= 0.6 is 0 Å². The van der Waals surface area contributed by atoms with E-state index in [2.05, 4.69) is 6.58 Å². The van der Waals surface area contributed by atoms with Crippen LogP contribution in [-0.4, -0.2) is 47.6 Å². The first kappa shape index (κ1) is 15.1. The van der Waals surface area contributed by atoms with Gasteiger partial charge in [-0.3, -0.25) is 4.79 Å². The van der Waals surface area contributed by atoms with Gasteiger partial charge in [0.1, 0.15) is 18.3 Å². The first-order chi connectivity index (χ1) is 10.7. The number of ether oxygens (including phenoxy) is 4. The number of epoxide rings is 2. The summed E-state index contributed by atoms with van der Waals surface area (Å²) in [6.45, 7) is 9.31. The molecule has 6 heteroatoms. The highest BCUT2D eigenvalue weighted by molar-refractivity contribution is 5.91. The lowest BCUT2D eigenvalue weighted by Gasteiger charge is -2.28.